The van der Waals surface area contributed by atoms with Crippen molar-refractivity contribution in [2.75, 3.05) is 19.0 Å². The van der Waals surface area contributed by atoms with Crippen LogP contribution in [0.25, 0.3) is 5.65 Å². The predicted octanol–water partition coefficient (Wildman–Crippen LogP) is 1.46. The number of hydrogen-bond donors (Lipinski definition) is 1. The minimum Gasteiger partial charge on any atom is -0.478 e. The van der Waals surface area contributed by atoms with E-state index in [1.54, 1.807) is 32.2 Å². The second kappa shape index (κ2) is 6.05. The van der Waals surface area contributed by atoms with Crippen LogP contribution < -0.4 is 15.6 Å². The number of methoxy groups -OCH3 is 1. The Hall–Kier alpha value is -2.57. The van der Waals surface area contributed by atoms with Crippen LogP contribution >= 0.6 is 0 Å². The van der Waals surface area contributed by atoms with Gasteiger partial charge in [0.2, 0.25) is 5.88 Å². The molecule has 0 radical (unpaired) electrons. The Bertz CT molecular complexity index is 752. The molecule has 2 aromatic rings. The number of fused-ring (bicyclic) bond motifs is 1. The summed E-state index contributed by atoms with van der Waals surface area (Å²) in [5, 5.41) is 3.03. The maximum absolute atomic E-state index is 12.1. The zero-order valence-electron chi connectivity index (χ0n) is 13.0. The minimum atomic E-state index is -0.912. The van der Waals surface area contributed by atoms with Gasteiger partial charge in [-0.05, 0) is 32.9 Å². The molecule has 0 aliphatic heterocycles. The summed E-state index contributed by atoms with van der Waals surface area (Å²) in [5.41, 5.74) is -0.0913. The number of pyridine rings is 1. The van der Waals surface area contributed by atoms with Crippen LogP contribution in [0, 0.1) is 0 Å². The first kappa shape index (κ1) is 15.8. The number of rotatable bonds is 5. The van der Waals surface area contributed by atoms with Crippen LogP contribution in [0.3, 0.4) is 0 Å². The molecule has 2 aromatic heterocycles. The third-order valence-electron chi connectivity index (χ3n) is 3.08. The number of carbonyl (C=O) groups is 1. The highest BCUT2D eigenvalue weighted by Gasteiger charge is 2.28. The Morgan fingerprint density at radius 3 is 2.77 bits per heavy atom. The van der Waals surface area contributed by atoms with Crippen molar-refractivity contribution >= 4 is 17.3 Å². The van der Waals surface area contributed by atoms with Gasteiger partial charge in [0.05, 0.1) is 25.5 Å². The number of carbonyl (C=O) groups excluding carboxylic acids is 1. The molecule has 2 rings (SSSR count). The normalized spacial score (nSPS) is 11.3. The zero-order valence-corrected chi connectivity index (χ0v) is 13.0. The summed E-state index contributed by atoms with van der Waals surface area (Å²) in [6, 6.07) is 4.74. The van der Waals surface area contributed by atoms with E-state index in [0.29, 0.717) is 23.8 Å². The monoisotopic (exact) mass is 305 g/mol. The third kappa shape index (κ3) is 3.19. The number of nitrogens with one attached hydrogen (secondary N) is 1. The molecule has 0 saturated carbocycles. The fraction of sp³-hybridized carbons (Fsp3) is 0.400. The molecule has 0 aliphatic carbocycles. The molecule has 0 aliphatic rings. The second-order valence-corrected chi connectivity index (χ2v) is 5.25. The van der Waals surface area contributed by atoms with Gasteiger partial charge in [-0.2, -0.15) is 4.98 Å². The van der Waals surface area contributed by atoms with Crippen LogP contribution in [-0.4, -0.2) is 34.6 Å². The van der Waals surface area contributed by atoms with Crippen molar-refractivity contribution in [3.05, 3.63) is 34.7 Å². The number of anilines is 1. The lowest BCUT2D eigenvalue weighted by molar-refractivity contribution is -0.144. The van der Waals surface area contributed by atoms with E-state index in [4.69, 9.17) is 9.47 Å². The number of ether oxygens (including phenoxy) is 2. The highest BCUT2D eigenvalue weighted by molar-refractivity contribution is 5.83. The van der Waals surface area contributed by atoms with Crippen LogP contribution in [0.4, 0.5) is 5.69 Å². The highest BCUT2D eigenvalue weighted by atomic mass is 16.5. The molecule has 0 bridgehead atoms. The van der Waals surface area contributed by atoms with Gasteiger partial charge in [0.15, 0.2) is 0 Å². The van der Waals surface area contributed by atoms with Gasteiger partial charge in [-0.15, -0.1) is 0 Å². The third-order valence-corrected chi connectivity index (χ3v) is 3.08. The Morgan fingerprint density at radius 1 is 1.41 bits per heavy atom. The van der Waals surface area contributed by atoms with Gasteiger partial charge in [0.25, 0.3) is 5.56 Å². The van der Waals surface area contributed by atoms with E-state index in [1.165, 1.54) is 17.6 Å². The zero-order chi connectivity index (χ0) is 16.3. The van der Waals surface area contributed by atoms with Gasteiger partial charge in [-0.3, -0.25) is 9.20 Å². The van der Waals surface area contributed by atoms with Crippen molar-refractivity contribution in [3.63, 3.8) is 0 Å². The topological polar surface area (TPSA) is 81.9 Å². The van der Waals surface area contributed by atoms with E-state index in [1.807, 2.05) is 6.92 Å². The molecule has 7 heteroatoms. The smallest absolute Gasteiger partial charge is 0.330 e. The SMILES string of the molecule is CCOc1cc(=O)n2cc(NC(C)(C)C(=O)OC)ccc2n1. The molecular weight excluding hydrogens is 286 g/mol. The molecule has 0 amide bonds. The Labute approximate surface area is 127 Å². The van der Waals surface area contributed by atoms with Crippen molar-refractivity contribution in [1.82, 2.24) is 9.38 Å². The van der Waals surface area contributed by atoms with E-state index in [0.717, 1.165) is 0 Å². The molecule has 2 heterocycles. The van der Waals surface area contributed by atoms with Crippen molar-refractivity contribution in [3.8, 4) is 5.88 Å². The van der Waals surface area contributed by atoms with E-state index in [2.05, 4.69) is 10.3 Å². The molecule has 1 N–H and O–H groups in total. The average molecular weight is 305 g/mol. The van der Waals surface area contributed by atoms with E-state index < -0.39 is 11.5 Å². The van der Waals surface area contributed by atoms with E-state index in [9.17, 15) is 9.59 Å². The Kier molecular flexibility index (Phi) is 4.35. The molecule has 0 saturated heterocycles. The first-order valence-corrected chi connectivity index (χ1v) is 6.90. The molecule has 118 valence electrons. The molecule has 7 nitrogen and oxygen atoms in total. The quantitative estimate of drug-likeness (QED) is 0.842. The van der Waals surface area contributed by atoms with Gasteiger partial charge in [0, 0.05) is 6.20 Å². The van der Waals surface area contributed by atoms with Crippen molar-refractivity contribution in [2.24, 2.45) is 0 Å². The van der Waals surface area contributed by atoms with Crippen LogP contribution in [0.2, 0.25) is 0 Å². The van der Waals surface area contributed by atoms with Crippen LogP contribution in [-0.2, 0) is 9.53 Å². The standard InChI is InChI=1S/C15H19N3O4/c1-5-22-12-8-13(19)18-9-10(6-7-11(18)16-12)17-15(2,3)14(20)21-4/h6-9,17H,5H2,1-4H3. The van der Waals surface area contributed by atoms with E-state index >= 15 is 0 Å². The van der Waals surface area contributed by atoms with Gasteiger partial charge < -0.3 is 14.8 Å². The summed E-state index contributed by atoms with van der Waals surface area (Å²) in [6.07, 6.45) is 1.59. The lowest BCUT2D eigenvalue weighted by Crippen LogP contribution is -2.41. The van der Waals surface area contributed by atoms with Gasteiger partial charge in [-0.25, -0.2) is 4.79 Å². The summed E-state index contributed by atoms with van der Waals surface area (Å²) in [4.78, 5) is 28.0. The lowest BCUT2D eigenvalue weighted by atomic mass is 10.1. The number of hydrogen-bond acceptors (Lipinski definition) is 6. The average Bonchev–Trinajstić information content (AvgIpc) is 2.47. The van der Waals surface area contributed by atoms with E-state index in [-0.39, 0.29) is 5.56 Å². The maximum Gasteiger partial charge on any atom is 0.330 e. The Balaban J connectivity index is 2.39. The predicted molar refractivity (Wildman–Crippen MR) is 82.3 cm³/mol. The highest BCUT2D eigenvalue weighted by Crippen LogP contribution is 2.17. The lowest BCUT2D eigenvalue weighted by Gasteiger charge is -2.24. The summed E-state index contributed by atoms with van der Waals surface area (Å²) in [7, 11) is 1.33. The van der Waals surface area contributed by atoms with Crippen molar-refractivity contribution in [2.45, 2.75) is 26.3 Å². The number of nitrogens with zero attached hydrogens (tertiary/aromatic N) is 2. The van der Waals surface area contributed by atoms with Crippen molar-refractivity contribution < 1.29 is 14.3 Å². The van der Waals surface area contributed by atoms with Gasteiger partial charge >= 0.3 is 5.97 Å². The number of aromatic nitrogens is 2. The van der Waals surface area contributed by atoms with Gasteiger partial charge in [0.1, 0.15) is 11.2 Å². The van der Waals surface area contributed by atoms with Gasteiger partial charge in [-0.1, -0.05) is 0 Å². The number of esters is 1. The fourth-order valence-electron chi connectivity index (χ4n) is 2.04. The first-order valence-electron chi connectivity index (χ1n) is 6.90. The van der Waals surface area contributed by atoms with Crippen LogP contribution in [0.15, 0.2) is 29.2 Å². The molecule has 22 heavy (non-hydrogen) atoms. The van der Waals surface area contributed by atoms with Crippen molar-refractivity contribution in [1.29, 1.82) is 0 Å². The molecule has 0 unspecified atom stereocenters. The summed E-state index contributed by atoms with van der Waals surface area (Å²) in [5.74, 6) is -0.104. The molecular formula is C15H19N3O4. The minimum absolute atomic E-state index is 0.257. The molecule has 0 spiro atoms. The molecule has 0 aromatic carbocycles. The molecule has 0 atom stereocenters. The Morgan fingerprint density at radius 2 is 2.14 bits per heavy atom. The van der Waals surface area contributed by atoms with Crippen LogP contribution in [0.1, 0.15) is 20.8 Å². The van der Waals surface area contributed by atoms with Crippen LogP contribution in [0.5, 0.6) is 5.88 Å². The largest absolute Gasteiger partial charge is 0.478 e. The first-order chi connectivity index (χ1) is 10.4. The summed E-state index contributed by atoms with van der Waals surface area (Å²) < 4.78 is 11.4. The fourth-order valence-corrected chi connectivity index (χ4v) is 2.04. The summed E-state index contributed by atoms with van der Waals surface area (Å²) in [6.45, 7) is 5.66. The molecule has 0 fully saturated rings. The summed E-state index contributed by atoms with van der Waals surface area (Å²) >= 11 is 0. The maximum atomic E-state index is 12.1. The second-order valence-electron chi connectivity index (χ2n) is 5.25.